The van der Waals surface area contributed by atoms with Gasteiger partial charge < -0.3 is 10.3 Å². The lowest BCUT2D eigenvalue weighted by Crippen LogP contribution is -1.86. The molecule has 100 valence electrons. The van der Waals surface area contributed by atoms with E-state index < -0.39 is 0 Å². The summed E-state index contributed by atoms with van der Waals surface area (Å²) in [7, 11) is 0. The molecule has 0 saturated heterocycles. The maximum absolute atomic E-state index is 6.10. The zero-order valence-electron chi connectivity index (χ0n) is 10.8. The average molecular weight is 286 g/mol. The van der Waals surface area contributed by atoms with E-state index in [1.54, 1.807) is 6.07 Å². The van der Waals surface area contributed by atoms with Gasteiger partial charge in [0.25, 0.3) is 5.89 Å². The molecule has 0 saturated carbocycles. The summed E-state index contributed by atoms with van der Waals surface area (Å²) in [5, 5.41) is 4.64. The molecule has 0 amide bonds. The van der Waals surface area contributed by atoms with Crippen LogP contribution < -0.4 is 5.73 Å². The average Bonchev–Trinajstić information content (AvgIpc) is 2.92. The quantitative estimate of drug-likeness (QED) is 0.724. The number of anilines is 1. The van der Waals surface area contributed by atoms with Crippen molar-refractivity contribution in [2.24, 2.45) is 0 Å². The number of hydrogen-bond donors (Lipinski definition) is 1. The Bertz CT molecular complexity index is 767. The molecule has 0 aliphatic carbocycles. The van der Waals surface area contributed by atoms with Crippen LogP contribution in [0.2, 0.25) is 5.02 Å². The summed E-state index contributed by atoms with van der Waals surface area (Å²) >= 11 is 6.10. The highest BCUT2D eigenvalue weighted by atomic mass is 35.5. The molecule has 1 aromatic heterocycles. The first-order chi connectivity index (χ1) is 9.63. The van der Waals surface area contributed by atoms with Gasteiger partial charge in [0.05, 0.1) is 0 Å². The summed E-state index contributed by atoms with van der Waals surface area (Å²) in [5.74, 6) is 0.938. The van der Waals surface area contributed by atoms with Crippen molar-refractivity contribution in [1.29, 1.82) is 0 Å². The van der Waals surface area contributed by atoms with Crippen LogP contribution in [-0.4, -0.2) is 10.1 Å². The maximum atomic E-state index is 6.10. The second-order valence-corrected chi connectivity index (χ2v) is 4.92. The van der Waals surface area contributed by atoms with Crippen molar-refractivity contribution in [3.63, 3.8) is 0 Å². The molecule has 1 heterocycles. The Hall–Kier alpha value is -2.33. The van der Waals surface area contributed by atoms with E-state index in [1.807, 2.05) is 43.3 Å². The van der Waals surface area contributed by atoms with Crippen LogP contribution >= 0.6 is 11.6 Å². The first kappa shape index (κ1) is 12.7. The molecular weight excluding hydrogens is 274 g/mol. The highest BCUT2D eigenvalue weighted by Gasteiger charge is 2.11. The van der Waals surface area contributed by atoms with Crippen LogP contribution in [0.3, 0.4) is 0 Å². The molecule has 0 fully saturated rings. The van der Waals surface area contributed by atoms with Gasteiger partial charge in [-0.3, -0.25) is 0 Å². The van der Waals surface area contributed by atoms with Crippen LogP contribution in [-0.2, 0) is 0 Å². The van der Waals surface area contributed by atoms with E-state index in [9.17, 15) is 0 Å². The molecule has 0 atom stereocenters. The number of nitrogens with zero attached hydrogens (tertiary/aromatic N) is 2. The second-order valence-electron chi connectivity index (χ2n) is 4.51. The largest absolute Gasteiger partial charge is 0.399 e. The van der Waals surface area contributed by atoms with E-state index in [0.717, 1.165) is 16.7 Å². The van der Waals surface area contributed by atoms with Gasteiger partial charge in [0, 0.05) is 21.8 Å². The third-order valence-corrected chi connectivity index (χ3v) is 3.40. The van der Waals surface area contributed by atoms with Gasteiger partial charge in [-0.15, -0.1) is 0 Å². The Labute approximate surface area is 121 Å². The van der Waals surface area contributed by atoms with Gasteiger partial charge in [-0.05, 0) is 36.8 Å². The number of aryl methyl sites for hydroxylation is 1. The van der Waals surface area contributed by atoms with E-state index in [1.165, 1.54) is 0 Å². The second kappa shape index (κ2) is 4.98. The van der Waals surface area contributed by atoms with Gasteiger partial charge in [0.1, 0.15) is 0 Å². The molecule has 3 aromatic rings. The van der Waals surface area contributed by atoms with Crippen molar-refractivity contribution < 1.29 is 4.52 Å². The van der Waals surface area contributed by atoms with Crippen molar-refractivity contribution in [3.05, 3.63) is 53.1 Å². The molecule has 0 unspecified atom stereocenters. The number of nitrogen functional groups attached to an aromatic ring is 1. The van der Waals surface area contributed by atoms with Gasteiger partial charge in [0.15, 0.2) is 0 Å². The van der Waals surface area contributed by atoms with Crippen LogP contribution in [0.4, 0.5) is 5.69 Å². The van der Waals surface area contributed by atoms with Gasteiger partial charge in [-0.1, -0.05) is 35.0 Å². The number of hydrogen-bond acceptors (Lipinski definition) is 4. The van der Waals surface area contributed by atoms with Crippen molar-refractivity contribution >= 4 is 17.3 Å². The normalized spacial score (nSPS) is 10.7. The highest BCUT2D eigenvalue weighted by molar-refractivity contribution is 6.31. The third kappa shape index (κ3) is 2.38. The zero-order chi connectivity index (χ0) is 14.1. The van der Waals surface area contributed by atoms with Gasteiger partial charge in [0.2, 0.25) is 5.82 Å². The lowest BCUT2D eigenvalue weighted by molar-refractivity contribution is 0.432. The SMILES string of the molecule is Cc1ccc(-c2nc(-c3cccc(N)c3)no2)cc1Cl. The van der Waals surface area contributed by atoms with Gasteiger partial charge >= 0.3 is 0 Å². The molecule has 0 radical (unpaired) electrons. The Morgan fingerprint density at radius 2 is 1.95 bits per heavy atom. The van der Waals surface area contributed by atoms with Crippen LogP contribution in [0, 0.1) is 6.92 Å². The topological polar surface area (TPSA) is 64.9 Å². The van der Waals surface area contributed by atoms with Crippen LogP contribution in [0.25, 0.3) is 22.8 Å². The minimum Gasteiger partial charge on any atom is -0.399 e. The Morgan fingerprint density at radius 3 is 2.70 bits per heavy atom. The molecule has 2 aromatic carbocycles. The molecule has 4 nitrogen and oxygen atoms in total. The highest BCUT2D eigenvalue weighted by Crippen LogP contribution is 2.26. The van der Waals surface area contributed by atoms with E-state index in [0.29, 0.717) is 22.4 Å². The first-order valence-electron chi connectivity index (χ1n) is 6.09. The fourth-order valence-corrected chi connectivity index (χ4v) is 2.04. The van der Waals surface area contributed by atoms with Crippen LogP contribution in [0.15, 0.2) is 47.0 Å². The van der Waals surface area contributed by atoms with E-state index in [2.05, 4.69) is 10.1 Å². The Kier molecular flexibility index (Phi) is 3.16. The van der Waals surface area contributed by atoms with Crippen molar-refractivity contribution in [3.8, 4) is 22.8 Å². The van der Waals surface area contributed by atoms with Crippen molar-refractivity contribution in [2.45, 2.75) is 6.92 Å². The fourth-order valence-electron chi connectivity index (χ4n) is 1.86. The monoisotopic (exact) mass is 285 g/mol. The standard InChI is InChI=1S/C15H12ClN3O/c1-9-5-6-11(8-13(9)16)15-18-14(19-20-15)10-3-2-4-12(17)7-10/h2-8H,17H2,1H3. The van der Waals surface area contributed by atoms with Crippen molar-refractivity contribution in [1.82, 2.24) is 10.1 Å². The summed E-state index contributed by atoms with van der Waals surface area (Å²) < 4.78 is 5.28. The summed E-state index contributed by atoms with van der Waals surface area (Å²) in [6, 6.07) is 13.0. The molecular formula is C15H12ClN3O. The molecule has 20 heavy (non-hydrogen) atoms. The molecule has 2 N–H and O–H groups in total. The number of halogens is 1. The lowest BCUT2D eigenvalue weighted by Gasteiger charge is -1.98. The predicted molar refractivity (Wildman–Crippen MR) is 79.3 cm³/mol. The number of aromatic nitrogens is 2. The van der Waals surface area contributed by atoms with E-state index in [-0.39, 0.29) is 0 Å². The fraction of sp³-hybridized carbons (Fsp3) is 0.0667. The molecule has 5 heteroatoms. The number of rotatable bonds is 2. The van der Waals surface area contributed by atoms with Gasteiger partial charge in [-0.2, -0.15) is 4.98 Å². The molecule has 3 rings (SSSR count). The summed E-state index contributed by atoms with van der Waals surface area (Å²) in [6.45, 7) is 1.94. The Morgan fingerprint density at radius 1 is 1.10 bits per heavy atom. The molecule has 0 aliphatic heterocycles. The third-order valence-electron chi connectivity index (χ3n) is 2.99. The van der Waals surface area contributed by atoms with Gasteiger partial charge in [-0.25, -0.2) is 0 Å². The molecule has 0 aliphatic rings. The summed E-state index contributed by atoms with van der Waals surface area (Å²) in [6.07, 6.45) is 0. The summed E-state index contributed by atoms with van der Waals surface area (Å²) in [5.41, 5.74) is 9.02. The Balaban J connectivity index is 1.99. The number of benzene rings is 2. The maximum Gasteiger partial charge on any atom is 0.258 e. The minimum atomic E-state index is 0.435. The first-order valence-corrected chi connectivity index (χ1v) is 6.47. The lowest BCUT2D eigenvalue weighted by atomic mass is 10.1. The summed E-state index contributed by atoms with van der Waals surface area (Å²) in [4.78, 5) is 4.37. The minimum absolute atomic E-state index is 0.435. The molecule has 0 bridgehead atoms. The molecule has 0 spiro atoms. The zero-order valence-corrected chi connectivity index (χ0v) is 11.6. The predicted octanol–water partition coefficient (Wildman–Crippen LogP) is 3.95. The van der Waals surface area contributed by atoms with E-state index >= 15 is 0 Å². The smallest absolute Gasteiger partial charge is 0.258 e. The van der Waals surface area contributed by atoms with Crippen LogP contribution in [0.5, 0.6) is 0 Å². The van der Waals surface area contributed by atoms with E-state index in [4.69, 9.17) is 21.9 Å². The van der Waals surface area contributed by atoms with Crippen LogP contribution in [0.1, 0.15) is 5.56 Å². The van der Waals surface area contributed by atoms with Crippen molar-refractivity contribution in [2.75, 3.05) is 5.73 Å². The number of nitrogens with two attached hydrogens (primary N) is 1.